The average molecular weight is 291 g/mol. The molecule has 1 atom stereocenters. The third-order valence-electron chi connectivity index (χ3n) is 3.11. The molecule has 0 saturated carbocycles. The van der Waals surface area contributed by atoms with Crippen LogP contribution in [-0.4, -0.2) is 6.61 Å². The summed E-state index contributed by atoms with van der Waals surface area (Å²) >= 11 is 0. The Morgan fingerprint density at radius 2 is 1.95 bits per heavy atom. The molecule has 1 N–H and O–H groups in total. The highest BCUT2D eigenvalue weighted by atomic mass is 19.1. The predicted molar refractivity (Wildman–Crippen MR) is 80.6 cm³/mol. The zero-order chi connectivity index (χ0) is 15.2. The van der Waals surface area contributed by atoms with Crippen LogP contribution in [-0.2, 0) is 0 Å². The molecule has 2 aromatic carbocycles. The fourth-order valence-electron chi connectivity index (χ4n) is 2.07. The molecule has 2 aromatic rings. The Bertz CT molecular complexity index is 601. The molecule has 1 unspecified atom stereocenters. The van der Waals surface area contributed by atoms with Crippen molar-refractivity contribution < 1.29 is 13.5 Å². The standard InChI is InChI=1S/C17H19F2NO/c1-3-9-21-15-6-4-5-14(11-15)20-12(2)16-10-13(18)7-8-17(16)19/h4-8,10-12,20H,3,9H2,1-2H3. The highest BCUT2D eigenvalue weighted by Crippen LogP contribution is 2.25. The lowest BCUT2D eigenvalue weighted by atomic mass is 10.1. The third kappa shape index (κ3) is 4.18. The first-order valence-corrected chi connectivity index (χ1v) is 7.04. The van der Waals surface area contributed by atoms with E-state index in [-0.39, 0.29) is 6.04 Å². The van der Waals surface area contributed by atoms with E-state index in [9.17, 15) is 8.78 Å². The van der Waals surface area contributed by atoms with Crippen LogP contribution in [0.4, 0.5) is 14.5 Å². The molecule has 0 bridgehead atoms. The van der Waals surface area contributed by atoms with E-state index in [1.54, 1.807) is 6.92 Å². The van der Waals surface area contributed by atoms with Gasteiger partial charge in [0.15, 0.2) is 0 Å². The Hall–Kier alpha value is -2.10. The van der Waals surface area contributed by atoms with Crippen molar-refractivity contribution in [2.24, 2.45) is 0 Å². The van der Waals surface area contributed by atoms with Crippen LogP contribution in [0.15, 0.2) is 42.5 Å². The molecule has 0 aromatic heterocycles. The van der Waals surface area contributed by atoms with Gasteiger partial charge in [-0.2, -0.15) is 0 Å². The summed E-state index contributed by atoms with van der Waals surface area (Å²) in [5.41, 5.74) is 1.11. The summed E-state index contributed by atoms with van der Waals surface area (Å²) in [6, 6.07) is 10.6. The van der Waals surface area contributed by atoms with Crippen LogP contribution in [0.2, 0.25) is 0 Å². The minimum Gasteiger partial charge on any atom is -0.494 e. The summed E-state index contributed by atoms with van der Waals surface area (Å²) in [7, 11) is 0. The zero-order valence-electron chi connectivity index (χ0n) is 12.2. The van der Waals surface area contributed by atoms with E-state index >= 15 is 0 Å². The molecule has 0 fully saturated rings. The second kappa shape index (κ2) is 7.07. The minimum absolute atomic E-state index is 0.301. The highest BCUT2D eigenvalue weighted by molar-refractivity contribution is 5.49. The van der Waals surface area contributed by atoms with Gasteiger partial charge in [-0.25, -0.2) is 8.78 Å². The Morgan fingerprint density at radius 3 is 2.71 bits per heavy atom. The van der Waals surface area contributed by atoms with Crippen molar-refractivity contribution in [3.05, 3.63) is 59.7 Å². The van der Waals surface area contributed by atoms with Crippen molar-refractivity contribution in [1.82, 2.24) is 0 Å². The molecule has 4 heteroatoms. The highest BCUT2D eigenvalue weighted by Gasteiger charge is 2.12. The summed E-state index contributed by atoms with van der Waals surface area (Å²) < 4.78 is 32.5. The Kier molecular flexibility index (Phi) is 5.14. The molecule has 0 aliphatic heterocycles. The van der Waals surface area contributed by atoms with Crippen molar-refractivity contribution in [2.45, 2.75) is 26.3 Å². The summed E-state index contributed by atoms with van der Waals surface area (Å²) in [6.07, 6.45) is 0.933. The number of anilines is 1. The minimum atomic E-state index is -0.444. The smallest absolute Gasteiger partial charge is 0.128 e. The largest absolute Gasteiger partial charge is 0.494 e. The Balaban J connectivity index is 2.11. The Morgan fingerprint density at radius 1 is 1.14 bits per heavy atom. The summed E-state index contributed by atoms with van der Waals surface area (Å²) in [5.74, 6) is -0.108. The van der Waals surface area contributed by atoms with Crippen molar-refractivity contribution in [2.75, 3.05) is 11.9 Å². The van der Waals surface area contributed by atoms with Gasteiger partial charge >= 0.3 is 0 Å². The van der Waals surface area contributed by atoms with E-state index in [2.05, 4.69) is 5.32 Å². The van der Waals surface area contributed by atoms with Crippen LogP contribution < -0.4 is 10.1 Å². The number of benzene rings is 2. The molecule has 0 saturated heterocycles. The third-order valence-corrected chi connectivity index (χ3v) is 3.11. The zero-order valence-corrected chi connectivity index (χ0v) is 12.2. The lowest BCUT2D eigenvalue weighted by Crippen LogP contribution is -2.09. The molecule has 2 nitrogen and oxygen atoms in total. The SMILES string of the molecule is CCCOc1cccc(NC(C)c2cc(F)ccc2F)c1. The first-order valence-electron chi connectivity index (χ1n) is 7.04. The van der Waals surface area contributed by atoms with Gasteiger partial charge in [0, 0.05) is 17.3 Å². The number of hydrogen-bond donors (Lipinski definition) is 1. The van der Waals surface area contributed by atoms with Crippen LogP contribution in [0, 0.1) is 11.6 Å². The van der Waals surface area contributed by atoms with Crippen molar-refractivity contribution >= 4 is 5.69 Å². The number of rotatable bonds is 6. The van der Waals surface area contributed by atoms with E-state index in [0.717, 1.165) is 30.0 Å². The number of halogens is 2. The summed E-state index contributed by atoms with van der Waals surface area (Å²) in [5, 5.41) is 3.16. The molecular weight excluding hydrogens is 272 g/mol. The first kappa shape index (κ1) is 15.3. The van der Waals surface area contributed by atoms with Gasteiger partial charge in [-0.15, -0.1) is 0 Å². The number of hydrogen-bond acceptors (Lipinski definition) is 2. The van der Waals surface area contributed by atoms with Gasteiger partial charge < -0.3 is 10.1 Å². The molecule has 2 rings (SSSR count). The lowest BCUT2D eigenvalue weighted by Gasteiger charge is -2.17. The van der Waals surface area contributed by atoms with E-state index in [4.69, 9.17) is 4.74 Å². The van der Waals surface area contributed by atoms with Gasteiger partial charge in [-0.3, -0.25) is 0 Å². The van der Waals surface area contributed by atoms with Gasteiger partial charge in [0.25, 0.3) is 0 Å². The molecule has 21 heavy (non-hydrogen) atoms. The molecule has 0 spiro atoms. The van der Waals surface area contributed by atoms with Gasteiger partial charge in [0.2, 0.25) is 0 Å². The topological polar surface area (TPSA) is 21.3 Å². The quantitative estimate of drug-likeness (QED) is 0.815. The van der Waals surface area contributed by atoms with Crippen molar-refractivity contribution in [3.8, 4) is 5.75 Å². The molecule has 0 aliphatic carbocycles. The normalized spacial score (nSPS) is 12.0. The fraction of sp³-hybridized carbons (Fsp3) is 0.294. The Labute approximate surface area is 123 Å². The van der Waals surface area contributed by atoms with Crippen molar-refractivity contribution in [1.29, 1.82) is 0 Å². The number of nitrogens with one attached hydrogen (secondary N) is 1. The molecule has 0 aliphatic rings. The number of ether oxygens (including phenoxy) is 1. The van der Waals surface area contributed by atoms with Crippen LogP contribution in [0.5, 0.6) is 5.75 Å². The maximum Gasteiger partial charge on any atom is 0.128 e. The van der Waals surface area contributed by atoms with Gasteiger partial charge in [-0.05, 0) is 43.7 Å². The maximum absolute atomic E-state index is 13.7. The molecule has 0 amide bonds. The van der Waals surface area contributed by atoms with E-state index in [1.807, 2.05) is 31.2 Å². The fourth-order valence-corrected chi connectivity index (χ4v) is 2.07. The molecular formula is C17H19F2NO. The molecule has 0 heterocycles. The van der Waals surface area contributed by atoms with Crippen molar-refractivity contribution in [3.63, 3.8) is 0 Å². The van der Waals surface area contributed by atoms with Gasteiger partial charge in [0.1, 0.15) is 17.4 Å². The van der Waals surface area contributed by atoms with Crippen LogP contribution in [0.3, 0.4) is 0 Å². The lowest BCUT2D eigenvalue weighted by molar-refractivity contribution is 0.317. The summed E-state index contributed by atoms with van der Waals surface area (Å²) in [6.45, 7) is 4.48. The first-order chi connectivity index (χ1) is 10.1. The van der Waals surface area contributed by atoms with E-state index in [1.165, 1.54) is 6.07 Å². The second-order valence-electron chi connectivity index (χ2n) is 4.91. The molecule has 0 radical (unpaired) electrons. The maximum atomic E-state index is 13.7. The summed E-state index contributed by atoms with van der Waals surface area (Å²) in [4.78, 5) is 0. The van der Waals surface area contributed by atoms with Crippen LogP contribution in [0.1, 0.15) is 31.9 Å². The monoisotopic (exact) mass is 291 g/mol. The van der Waals surface area contributed by atoms with Gasteiger partial charge in [0.05, 0.1) is 12.6 Å². The van der Waals surface area contributed by atoms with E-state index < -0.39 is 11.6 Å². The van der Waals surface area contributed by atoms with Crippen LogP contribution in [0.25, 0.3) is 0 Å². The van der Waals surface area contributed by atoms with Crippen LogP contribution >= 0.6 is 0 Å². The predicted octanol–water partition coefficient (Wildman–Crippen LogP) is 4.93. The second-order valence-corrected chi connectivity index (χ2v) is 4.91. The average Bonchev–Trinajstić information content (AvgIpc) is 2.48. The molecule has 112 valence electrons. The van der Waals surface area contributed by atoms with Gasteiger partial charge in [-0.1, -0.05) is 13.0 Å². The van der Waals surface area contributed by atoms with E-state index in [0.29, 0.717) is 12.2 Å².